The van der Waals surface area contributed by atoms with Gasteiger partial charge in [0.05, 0.1) is 18.6 Å². The van der Waals surface area contributed by atoms with Crippen LogP contribution in [0.3, 0.4) is 0 Å². The number of nitriles is 1. The van der Waals surface area contributed by atoms with Crippen molar-refractivity contribution in [1.29, 1.82) is 5.26 Å². The third-order valence-electron chi connectivity index (χ3n) is 2.55. The molecule has 0 spiro atoms. The van der Waals surface area contributed by atoms with Crippen LogP contribution in [0.15, 0.2) is 0 Å². The highest BCUT2D eigenvalue weighted by Gasteiger charge is 2.33. The van der Waals surface area contributed by atoms with Crippen LogP contribution in [-0.2, 0) is 0 Å². The zero-order valence-corrected chi connectivity index (χ0v) is 8.26. The number of hydrogen-bond donors (Lipinski definition) is 0. The maximum Gasteiger partial charge on any atom is 0.309 e. The number of nitrogens with zero attached hydrogens (tertiary/aromatic N) is 2. The lowest BCUT2D eigenvalue weighted by Crippen LogP contribution is -2.53. The Kier molecular flexibility index (Phi) is 3.54. The van der Waals surface area contributed by atoms with Crippen molar-refractivity contribution in [1.82, 2.24) is 0 Å². The van der Waals surface area contributed by atoms with Crippen LogP contribution in [0, 0.1) is 11.5 Å². The van der Waals surface area contributed by atoms with Gasteiger partial charge in [-0.25, -0.2) is 4.48 Å². The summed E-state index contributed by atoms with van der Waals surface area (Å²) in [6.45, 7) is 11.4. The Morgan fingerprint density at radius 2 is 1.55 bits per heavy atom. The molecule has 0 heterocycles. The van der Waals surface area contributed by atoms with Gasteiger partial charge in [-0.3, -0.25) is 0 Å². The molecule has 0 aromatic rings. The lowest BCUT2D eigenvalue weighted by molar-refractivity contribution is -0.905. The molecule has 0 fully saturated rings. The topological polar surface area (TPSA) is 23.8 Å². The molecule has 0 radical (unpaired) electrons. The van der Waals surface area contributed by atoms with Crippen LogP contribution >= 0.6 is 0 Å². The minimum atomic E-state index is 0.394. The van der Waals surface area contributed by atoms with Crippen molar-refractivity contribution in [2.75, 3.05) is 6.54 Å². The van der Waals surface area contributed by atoms with Gasteiger partial charge in [0, 0.05) is 0 Å². The van der Waals surface area contributed by atoms with Gasteiger partial charge in [0.25, 0.3) is 0 Å². The molecule has 0 N–H and O–H groups in total. The Morgan fingerprint density at radius 1 is 1.18 bits per heavy atom. The average Bonchev–Trinajstić information content (AvgIpc) is 1.90. The second-order valence-electron chi connectivity index (χ2n) is 3.53. The molecule has 0 aliphatic rings. The summed E-state index contributed by atoms with van der Waals surface area (Å²) in [4.78, 5) is 0. The lowest BCUT2D eigenvalue weighted by Gasteiger charge is -2.36. The summed E-state index contributed by atoms with van der Waals surface area (Å²) in [5.74, 6) is 0. The fourth-order valence-corrected chi connectivity index (χ4v) is 1.63. The minimum absolute atomic E-state index is 0.394. The van der Waals surface area contributed by atoms with Crippen molar-refractivity contribution in [2.45, 2.75) is 46.7 Å². The molecule has 0 rings (SSSR count). The summed E-state index contributed by atoms with van der Waals surface area (Å²) in [5.41, 5.74) is 0. The van der Waals surface area contributed by atoms with Crippen LogP contribution < -0.4 is 0 Å². The molecule has 2 heteroatoms. The zero-order chi connectivity index (χ0) is 9.07. The van der Waals surface area contributed by atoms with Crippen molar-refractivity contribution < 1.29 is 4.48 Å². The number of rotatable bonds is 3. The van der Waals surface area contributed by atoms with Crippen molar-refractivity contribution in [3.63, 3.8) is 0 Å². The van der Waals surface area contributed by atoms with Gasteiger partial charge >= 0.3 is 6.19 Å². The fourth-order valence-electron chi connectivity index (χ4n) is 1.63. The van der Waals surface area contributed by atoms with E-state index in [-0.39, 0.29) is 0 Å². The van der Waals surface area contributed by atoms with Crippen molar-refractivity contribution >= 4 is 0 Å². The molecule has 0 atom stereocenters. The average molecular weight is 155 g/mol. The second-order valence-corrected chi connectivity index (χ2v) is 3.53. The maximum atomic E-state index is 9.04. The molecule has 0 aliphatic heterocycles. The Morgan fingerprint density at radius 3 is 1.55 bits per heavy atom. The monoisotopic (exact) mass is 155 g/mol. The molecule has 2 nitrogen and oxygen atoms in total. The largest absolute Gasteiger partial charge is 0.309 e. The van der Waals surface area contributed by atoms with E-state index in [1.807, 2.05) is 0 Å². The predicted molar refractivity (Wildman–Crippen MR) is 46.7 cm³/mol. The zero-order valence-electron chi connectivity index (χ0n) is 8.26. The van der Waals surface area contributed by atoms with Gasteiger partial charge in [0.15, 0.2) is 0 Å². The van der Waals surface area contributed by atoms with Crippen LogP contribution in [0.2, 0.25) is 0 Å². The lowest BCUT2D eigenvalue weighted by atomic mass is 10.2. The normalized spacial score (nSPS) is 12.2. The van der Waals surface area contributed by atoms with E-state index in [2.05, 4.69) is 40.8 Å². The maximum absolute atomic E-state index is 9.04. The molecule has 0 bridgehead atoms. The van der Waals surface area contributed by atoms with Crippen LogP contribution in [-0.4, -0.2) is 23.1 Å². The highest BCUT2D eigenvalue weighted by Crippen LogP contribution is 2.16. The minimum Gasteiger partial charge on any atom is -0.220 e. The first-order chi connectivity index (χ1) is 5.01. The van der Waals surface area contributed by atoms with Gasteiger partial charge in [0.2, 0.25) is 0 Å². The highest BCUT2D eigenvalue weighted by atomic mass is 15.4. The van der Waals surface area contributed by atoms with Crippen molar-refractivity contribution in [2.24, 2.45) is 0 Å². The number of hydrogen-bond acceptors (Lipinski definition) is 1. The Hall–Kier alpha value is -0.550. The van der Waals surface area contributed by atoms with E-state index >= 15 is 0 Å². The molecule has 0 saturated heterocycles. The number of quaternary nitrogens is 1. The van der Waals surface area contributed by atoms with E-state index in [0.29, 0.717) is 16.6 Å². The standard InChI is InChI=1S/C9H19N2/c1-6-11(7-10,8(2)3)9(4)5/h8-9H,6H2,1-5H3/q+1. The van der Waals surface area contributed by atoms with Gasteiger partial charge in [-0.05, 0) is 34.6 Å². The quantitative estimate of drug-likeness (QED) is 0.452. The predicted octanol–water partition coefficient (Wildman–Crippen LogP) is 2.12. The molecular weight excluding hydrogens is 136 g/mol. The summed E-state index contributed by atoms with van der Waals surface area (Å²) in [6.07, 6.45) is 2.40. The molecular formula is C9H19N2+. The van der Waals surface area contributed by atoms with Crippen LogP contribution in [0.5, 0.6) is 0 Å². The van der Waals surface area contributed by atoms with Gasteiger partial charge in [-0.1, -0.05) is 0 Å². The molecule has 11 heavy (non-hydrogen) atoms. The highest BCUT2D eigenvalue weighted by molar-refractivity contribution is 4.64. The van der Waals surface area contributed by atoms with Crippen molar-refractivity contribution in [3.8, 4) is 6.19 Å². The Bertz CT molecular complexity index is 145. The van der Waals surface area contributed by atoms with Crippen LogP contribution in [0.4, 0.5) is 0 Å². The molecule has 0 aliphatic carbocycles. The summed E-state index contributed by atoms with van der Waals surface area (Å²) in [7, 11) is 0. The van der Waals surface area contributed by atoms with Gasteiger partial charge in [-0.15, -0.1) is 5.26 Å². The van der Waals surface area contributed by atoms with Crippen LogP contribution in [0.1, 0.15) is 34.6 Å². The third kappa shape index (κ3) is 1.72. The molecule has 0 aromatic heterocycles. The summed E-state index contributed by atoms with van der Waals surface area (Å²) in [5, 5.41) is 9.04. The molecule has 64 valence electrons. The molecule has 0 unspecified atom stereocenters. The van der Waals surface area contributed by atoms with Gasteiger partial charge in [0.1, 0.15) is 0 Å². The fraction of sp³-hybridized carbons (Fsp3) is 0.889. The molecule has 0 saturated carbocycles. The summed E-state index contributed by atoms with van der Waals surface area (Å²) >= 11 is 0. The van der Waals surface area contributed by atoms with Gasteiger partial charge < -0.3 is 0 Å². The molecule has 0 aromatic carbocycles. The van der Waals surface area contributed by atoms with Crippen LogP contribution in [0.25, 0.3) is 0 Å². The first-order valence-electron chi connectivity index (χ1n) is 4.30. The van der Waals surface area contributed by atoms with Crippen molar-refractivity contribution in [3.05, 3.63) is 0 Å². The van der Waals surface area contributed by atoms with E-state index in [0.717, 1.165) is 6.54 Å². The van der Waals surface area contributed by atoms with E-state index in [9.17, 15) is 0 Å². The van der Waals surface area contributed by atoms with E-state index < -0.39 is 0 Å². The third-order valence-corrected chi connectivity index (χ3v) is 2.55. The summed E-state index contributed by atoms with van der Waals surface area (Å²) in [6, 6.07) is 0.787. The van der Waals surface area contributed by atoms with E-state index in [1.54, 1.807) is 0 Å². The molecule has 0 amide bonds. The second kappa shape index (κ2) is 3.73. The first kappa shape index (κ1) is 10.4. The van der Waals surface area contributed by atoms with Gasteiger partial charge in [-0.2, -0.15) is 0 Å². The van der Waals surface area contributed by atoms with E-state index in [1.165, 1.54) is 0 Å². The Labute approximate surface area is 70.0 Å². The first-order valence-corrected chi connectivity index (χ1v) is 4.30. The Balaban J connectivity index is 4.65. The smallest absolute Gasteiger partial charge is 0.220 e. The van der Waals surface area contributed by atoms with E-state index in [4.69, 9.17) is 5.26 Å². The SMILES string of the molecule is CC[N+](C#N)(C(C)C)C(C)C. The summed E-state index contributed by atoms with van der Waals surface area (Å²) < 4.78 is 0.556.